The molecule has 1 N–H and O–H groups in total. The highest BCUT2D eigenvalue weighted by atomic mass is 16.5. The maximum atomic E-state index is 10.0. The molecule has 0 spiro atoms. The molecule has 3 aromatic rings. The molecule has 0 aliphatic carbocycles. The highest BCUT2D eigenvalue weighted by Crippen LogP contribution is 2.37. The Labute approximate surface area is 204 Å². The summed E-state index contributed by atoms with van der Waals surface area (Å²) in [5, 5.41) is 10.0. The zero-order valence-corrected chi connectivity index (χ0v) is 20.7. The van der Waals surface area contributed by atoms with Crippen molar-refractivity contribution in [3.05, 3.63) is 83.2 Å². The first-order chi connectivity index (χ1) is 16.6. The van der Waals surface area contributed by atoms with Crippen molar-refractivity contribution in [3.8, 4) is 11.5 Å². The molecule has 5 nitrogen and oxygen atoms in total. The van der Waals surface area contributed by atoms with Gasteiger partial charge in [-0.05, 0) is 92.4 Å². The van der Waals surface area contributed by atoms with Crippen molar-refractivity contribution in [2.75, 3.05) is 37.7 Å². The molecule has 1 unspecified atom stereocenters. The van der Waals surface area contributed by atoms with Crippen molar-refractivity contribution in [1.82, 2.24) is 9.88 Å². The Morgan fingerprint density at radius 1 is 1.06 bits per heavy atom. The standard InChI is InChI=1S/C29H37N3O2/c1-4-15-31(5-2)17-18-34-27-11-7-23(8-12-27)19-29-28-13-10-26(33)20-24(28)14-16-32(29)25-9-6-22(3)30-21-25/h6-13,20-21,29,33H,4-5,14-19H2,1-3H3. The molecule has 0 amide bonds. The topological polar surface area (TPSA) is 48.8 Å². The first kappa shape index (κ1) is 24.1. The van der Waals surface area contributed by atoms with Crippen molar-refractivity contribution in [1.29, 1.82) is 0 Å². The van der Waals surface area contributed by atoms with Crippen LogP contribution in [0.4, 0.5) is 5.69 Å². The Morgan fingerprint density at radius 2 is 1.88 bits per heavy atom. The van der Waals surface area contributed by atoms with Crippen molar-refractivity contribution in [3.63, 3.8) is 0 Å². The van der Waals surface area contributed by atoms with E-state index in [0.29, 0.717) is 12.4 Å². The molecular formula is C29H37N3O2. The van der Waals surface area contributed by atoms with Gasteiger partial charge in [0.25, 0.3) is 0 Å². The van der Waals surface area contributed by atoms with Crippen molar-refractivity contribution in [2.24, 2.45) is 0 Å². The first-order valence-corrected chi connectivity index (χ1v) is 12.5. The molecule has 1 aromatic heterocycles. The van der Waals surface area contributed by atoms with E-state index >= 15 is 0 Å². The molecule has 0 fully saturated rings. The second-order valence-corrected chi connectivity index (χ2v) is 9.13. The van der Waals surface area contributed by atoms with Gasteiger partial charge in [-0.1, -0.05) is 32.0 Å². The molecule has 1 aliphatic heterocycles. The van der Waals surface area contributed by atoms with Gasteiger partial charge in [-0.3, -0.25) is 4.98 Å². The molecule has 2 heterocycles. The highest BCUT2D eigenvalue weighted by molar-refractivity contribution is 5.53. The Hall–Kier alpha value is -3.05. The number of likely N-dealkylation sites (N-methyl/N-ethyl adjacent to an activating group) is 1. The number of hydrogen-bond acceptors (Lipinski definition) is 5. The number of aryl methyl sites for hydroxylation is 1. The molecule has 2 aromatic carbocycles. The van der Waals surface area contributed by atoms with E-state index in [1.165, 1.54) is 23.1 Å². The number of aromatic hydroxyl groups is 1. The number of hydrogen-bond donors (Lipinski definition) is 1. The molecule has 4 rings (SSSR count). The summed E-state index contributed by atoms with van der Waals surface area (Å²) in [7, 11) is 0. The van der Waals surface area contributed by atoms with Crippen molar-refractivity contribution >= 4 is 5.69 Å². The number of phenolic OH excluding ortho intramolecular Hbond substituents is 1. The van der Waals surface area contributed by atoms with Crippen LogP contribution >= 0.6 is 0 Å². The van der Waals surface area contributed by atoms with Crippen LogP contribution in [0.5, 0.6) is 11.5 Å². The van der Waals surface area contributed by atoms with Gasteiger partial charge in [0.1, 0.15) is 18.1 Å². The lowest BCUT2D eigenvalue weighted by molar-refractivity contribution is 0.216. The monoisotopic (exact) mass is 459 g/mol. The average molecular weight is 460 g/mol. The lowest BCUT2D eigenvalue weighted by Crippen LogP contribution is -2.36. The third-order valence-corrected chi connectivity index (χ3v) is 6.73. The molecule has 34 heavy (non-hydrogen) atoms. The van der Waals surface area contributed by atoms with Gasteiger partial charge >= 0.3 is 0 Å². The number of ether oxygens (including phenoxy) is 1. The SMILES string of the molecule is CCCN(CC)CCOc1ccc(CC2c3ccc(O)cc3CCN2c2ccc(C)nc2)cc1. The van der Waals surface area contributed by atoms with Gasteiger partial charge in [0.2, 0.25) is 0 Å². The number of pyridine rings is 1. The van der Waals surface area contributed by atoms with Crippen LogP contribution in [0.15, 0.2) is 60.8 Å². The molecule has 1 aliphatic rings. The van der Waals surface area contributed by atoms with Crippen LogP contribution in [0.25, 0.3) is 0 Å². The minimum absolute atomic E-state index is 0.188. The fourth-order valence-electron chi connectivity index (χ4n) is 4.84. The smallest absolute Gasteiger partial charge is 0.119 e. The molecule has 1 atom stereocenters. The zero-order chi connectivity index (χ0) is 23.9. The van der Waals surface area contributed by atoms with E-state index in [1.54, 1.807) is 6.07 Å². The maximum absolute atomic E-state index is 10.0. The fraction of sp³-hybridized carbons (Fsp3) is 0.414. The summed E-state index contributed by atoms with van der Waals surface area (Å²) in [6.07, 6.45) is 4.94. The van der Waals surface area contributed by atoms with Crippen LogP contribution in [0.3, 0.4) is 0 Å². The summed E-state index contributed by atoms with van der Waals surface area (Å²) < 4.78 is 6.01. The Balaban J connectivity index is 1.49. The first-order valence-electron chi connectivity index (χ1n) is 12.5. The van der Waals surface area contributed by atoms with Crippen LogP contribution in [0.2, 0.25) is 0 Å². The number of nitrogens with zero attached hydrogens (tertiary/aromatic N) is 3. The summed E-state index contributed by atoms with van der Waals surface area (Å²) in [6.45, 7) is 11.2. The van der Waals surface area contributed by atoms with Gasteiger partial charge < -0.3 is 19.6 Å². The Kier molecular flexibility index (Phi) is 8.07. The van der Waals surface area contributed by atoms with Crippen LogP contribution < -0.4 is 9.64 Å². The number of aromatic nitrogens is 1. The minimum atomic E-state index is 0.188. The quantitative estimate of drug-likeness (QED) is 0.431. The number of phenols is 1. The van der Waals surface area contributed by atoms with Gasteiger partial charge in [-0.25, -0.2) is 0 Å². The van der Waals surface area contributed by atoms with E-state index in [0.717, 1.165) is 56.2 Å². The summed E-state index contributed by atoms with van der Waals surface area (Å²) in [6, 6.07) is 18.8. The molecule has 5 heteroatoms. The summed E-state index contributed by atoms with van der Waals surface area (Å²) in [5.41, 5.74) is 5.94. The molecule has 0 radical (unpaired) electrons. The predicted molar refractivity (Wildman–Crippen MR) is 139 cm³/mol. The molecular weight excluding hydrogens is 422 g/mol. The Bertz CT molecular complexity index is 1050. The van der Waals surface area contributed by atoms with Crippen LogP contribution in [0, 0.1) is 6.92 Å². The third kappa shape index (κ3) is 5.89. The molecule has 0 saturated carbocycles. The molecule has 180 valence electrons. The molecule has 0 saturated heterocycles. The second kappa shape index (κ2) is 11.4. The third-order valence-electron chi connectivity index (χ3n) is 6.73. The Morgan fingerprint density at radius 3 is 2.59 bits per heavy atom. The van der Waals surface area contributed by atoms with Crippen LogP contribution in [-0.2, 0) is 12.8 Å². The minimum Gasteiger partial charge on any atom is -0.508 e. The number of benzene rings is 2. The average Bonchev–Trinajstić information content (AvgIpc) is 2.85. The van der Waals surface area contributed by atoms with Gasteiger partial charge in [0.15, 0.2) is 0 Å². The lowest BCUT2D eigenvalue weighted by Gasteiger charge is -2.39. The van der Waals surface area contributed by atoms with E-state index in [4.69, 9.17) is 4.74 Å². The van der Waals surface area contributed by atoms with E-state index < -0.39 is 0 Å². The van der Waals surface area contributed by atoms with Crippen LogP contribution in [-0.4, -0.2) is 47.8 Å². The number of anilines is 1. The van der Waals surface area contributed by atoms with E-state index in [9.17, 15) is 5.11 Å². The van der Waals surface area contributed by atoms with E-state index in [1.807, 2.05) is 19.2 Å². The lowest BCUT2D eigenvalue weighted by atomic mass is 9.88. The summed E-state index contributed by atoms with van der Waals surface area (Å²) in [5.74, 6) is 1.26. The van der Waals surface area contributed by atoms with E-state index in [-0.39, 0.29) is 6.04 Å². The van der Waals surface area contributed by atoms with Crippen molar-refractivity contribution in [2.45, 2.75) is 46.1 Å². The predicted octanol–water partition coefficient (Wildman–Crippen LogP) is 5.55. The van der Waals surface area contributed by atoms with Gasteiger partial charge in [0, 0.05) is 18.8 Å². The maximum Gasteiger partial charge on any atom is 0.119 e. The normalized spacial score (nSPS) is 15.4. The summed E-state index contributed by atoms with van der Waals surface area (Å²) in [4.78, 5) is 9.40. The number of fused-ring (bicyclic) bond motifs is 1. The summed E-state index contributed by atoms with van der Waals surface area (Å²) >= 11 is 0. The van der Waals surface area contributed by atoms with Gasteiger partial charge in [-0.15, -0.1) is 0 Å². The van der Waals surface area contributed by atoms with E-state index in [2.05, 4.69) is 71.1 Å². The van der Waals surface area contributed by atoms with Gasteiger partial charge in [0.05, 0.1) is 17.9 Å². The van der Waals surface area contributed by atoms with Crippen molar-refractivity contribution < 1.29 is 9.84 Å². The largest absolute Gasteiger partial charge is 0.508 e. The van der Waals surface area contributed by atoms with Crippen LogP contribution in [0.1, 0.15) is 48.7 Å². The second-order valence-electron chi connectivity index (χ2n) is 9.13. The number of rotatable bonds is 10. The highest BCUT2D eigenvalue weighted by Gasteiger charge is 2.28. The fourth-order valence-corrected chi connectivity index (χ4v) is 4.84. The molecule has 0 bridgehead atoms. The van der Waals surface area contributed by atoms with Gasteiger partial charge in [-0.2, -0.15) is 0 Å². The zero-order valence-electron chi connectivity index (χ0n) is 20.7.